The van der Waals surface area contributed by atoms with Gasteiger partial charge in [-0.25, -0.2) is 9.59 Å². The number of carbonyl (C=O) groups excluding carboxylic acids is 1. The number of aliphatic carboxylic acids is 1. The first-order valence-electron chi connectivity index (χ1n) is 7.80. The van der Waals surface area contributed by atoms with E-state index in [9.17, 15) is 9.59 Å². The second-order valence-corrected chi connectivity index (χ2v) is 5.37. The van der Waals surface area contributed by atoms with Gasteiger partial charge >= 0.3 is 12.0 Å². The summed E-state index contributed by atoms with van der Waals surface area (Å²) in [5, 5.41) is 14.3. The predicted molar refractivity (Wildman–Crippen MR) is 80.8 cm³/mol. The Morgan fingerprint density at radius 1 is 1.05 bits per heavy atom. The summed E-state index contributed by atoms with van der Waals surface area (Å²) < 4.78 is 0. The highest BCUT2D eigenvalue weighted by Gasteiger charge is 2.24. The molecule has 2 unspecified atom stereocenters. The molecule has 0 aliphatic carbocycles. The lowest BCUT2D eigenvalue weighted by Gasteiger charge is -2.20. The van der Waals surface area contributed by atoms with E-state index in [0.717, 1.165) is 12.8 Å². The normalized spacial score (nSPS) is 13.6. The van der Waals surface area contributed by atoms with Crippen LogP contribution in [-0.4, -0.2) is 29.7 Å². The Balaban J connectivity index is 3.78. The molecule has 0 fully saturated rings. The van der Waals surface area contributed by atoms with Crippen molar-refractivity contribution in [2.24, 2.45) is 5.92 Å². The minimum atomic E-state index is -0.978. The first kappa shape index (κ1) is 18.7. The largest absolute Gasteiger partial charge is 0.480 e. The lowest BCUT2D eigenvalue weighted by Crippen LogP contribution is -2.49. The first-order chi connectivity index (χ1) is 9.52. The Labute approximate surface area is 122 Å². The molecular formula is C15H30N2O3. The van der Waals surface area contributed by atoms with Gasteiger partial charge in [0.15, 0.2) is 0 Å². The number of amides is 2. The van der Waals surface area contributed by atoms with Crippen molar-refractivity contribution in [1.29, 1.82) is 0 Å². The number of hydrogen-bond donors (Lipinski definition) is 3. The second-order valence-electron chi connectivity index (χ2n) is 5.37. The zero-order valence-corrected chi connectivity index (χ0v) is 13.1. The van der Waals surface area contributed by atoms with E-state index in [1.54, 1.807) is 0 Å². The summed E-state index contributed by atoms with van der Waals surface area (Å²) in [6.45, 7) is 6.52. The van der Waals surface area contributed by atoms with Crippen LogP contribution in [0.4, 0.5) is 4.79 Å². The number of urea groups is 1. The molecule has 3 N–H and O–H groups in total. The van der Waals surface area contributed by atoms with Crippen LogP contribution < -0.4 is 10.6 Å². The minimum absolute atomic E-state index is 0.0766. The van der Waals surface area contributed by atoms with E-state index in [0.29, 0.717) is 13.0 Å². The van der Waals surface area contributed by atoms with Gasteiger partial charge in [0.25, 0.3) is 0 Å². The van der Waals surface area contributed by atoms with Crippen molar-refractivity contribution < 1.29 is 14.7 Å². The summed E-state index contributed by atoms with van der Waals surface area (Å²) in [6, 6.07) is -1.20. The van der Waals surface area contributed by atoms with Gasteiger partial charge < -0.3 is 15.7 Å². The molecule has 0 saturated carbocycles. The summed E-state index contributed by atoms with van der Waals surface area (Å²) in [7, 11) is 0. The maximum absolute atomic E-state index is 11.6. The topological polar surface area (TPSA) is 78.4 Å². The number of unbranched alkanes of at least 4 members (excludes halogenated alkanes) is 5. The molecule has 118 valence electrons. The molecule has 0 aromatic heterocycles. The highest BCUT2D eigenvalue weighted by molar-refractivity contribution is 5.82. The molecule has 20 heavy (non-hydrogen) atoms. The summed E-state index contributed by atoms with van der Waals surface area (Å²) >= 11 is 0. The van der Waals surface area contributed by atoms with Gasteiger partial charge in [-0.15, -0.1) is 0 Å². The Hall–Kier alpha value is -1.26. The van der Waals surface area contributed by atoms with Crippen LogP contribution in [0.5, 0.6) is 0 Å². The van der Waals surface area contributed by atoms with Crippen molar-refractivity contribution in [2.45, 2.75) is 71.8 Å². The summed E-state index contributed by atoms with van der Waals surface area (Å²) in [4.78, 5) is 22.7. The molecule has 0 spiro atoms. The molecule has 0 saturated heterocycles. The predicted octanol–water partition coefficient (Wildman–Crippen LogP) is 3.15. The molecule has 0 aliphatic heterocycles. The smallest absolute Gasteiger partial charge is 0.326 e. The number of carbonyl (C=O) groups is 2. The number of carboxylic acid groups (broad SMARTS) is 1. The summed E-state index contributed by atoms with van der Waals surface area (Å²) in [6.07, 6.45) is 7.70. The Morgan fingerprint density at radius 2 is 1.65 bits per heavy atom. The lowest BCUT2D eigenvalue weighted by atomic mass is 9.99. The molecule has 0 bridgehead atoms. The van der Waals surface area contributed by atoms with Crippen molar-refractivity contribution in [1.82, 2.24) is 10.6 Å². The van der Waals surface area contributed by atoms with Crippen LogP contribution in [0.1, 0.15) is 65.7 Å². The average Bonchev–Trinajstić information content (AvgIpc) is 2.42. The summed E-state index contributed by atoms with van der Waals surface area (Å²) in [5.74, 6) is -1.05. The Kier molecular flexibility index (Phi) is 10.8. The second kappa shape index (κ2) is 11.6. The van der Waals surface area contributed by atoms with Crippen LogP contribution in [0.25, 0.3) is 0 Å². The minimum Gasteiger partial charge on any atom is -0.480 e. The zero-order chi connectivity index (χ0) is 15.4. The summed E-state index contributed by atoms with van der Waals surface area (Å²) in [5.41, 5.74) is 0. The first-order valence-corrected chi connectivity index (χ1v) is 7.80. The van der Waals surface area contributed by atoms with Crippen molar-refractivity contribution >= 4 is 12.0 Å². The molecule has 0 aromatic rings. The molecule has 2 amide bonds. The van der Waals surface area contributed by atoms with E-state index in [2.05, 4.69) is 17.6 Å². The molecule has 0 aromatic carbocycles. The zero-order valence-electron chi connectivity index (χ0n) is 13.1. The van der Waals surface area contributed by atoms with E-state index in [-0.39, 0.29) is 11.9 Å². The van der Waals surface area contributed by atoms with E-state index < -0.39 is 12.0 Å². The van der Waals surface area contributed by atoms with E-state index in [1.165, 1.54) is 25.7 Å². The van der Waals surface area contributed by atoms with E-state index in [1.807, 2.05) is 13.8 Å². The molecule has 0 radical (unpaired) electrons. The highest BCUT2D eigenvalue weighted by Crippen LogP contribution is 2.07. The van der Waals surface area contributed by atoms with Crippen molar-refractivity contribution in [3.63, 3.8) is 0 Å². The molecule has 0 heterocycles. The Morgan fingerprint density at radius 3 is 2.20 bits per heavy atom. The van der Waals surface area contributed by atoms with Crippen LogP contribution in [0.15, 0.2) is 0 Å². The fraction of sp³-hybridized carbons (Fsp3) is 0.867. The van der Waals surface area contributed by atoms with E-state index >= 15 is 0 Å². The fourth-order valence-electron chi connectivity index (χ4n) is 1.98. The quantitative estimate of drug-likeness (QED) is 0.510. The van der Waals surface area contributed by atoms with Gasteiger partial charge in [-0.05, 0) is 12.3 Å². The van der Waals surface area contributed by atoms with Gasteiger partial charge in [0, 0.05) is 6.54 Å². The number of carboxylic acids is 1. The van der Waals surface area contributed by atoms with Gasteiger partial charge in [0.2, 0.25) is 0 Å². The third kappa shape index (κ3) is 8.77. The van der Waals surface area contributed by atoms with Crippen LogP contribution in [0.3, 0.4) is 0 Å². The third-order valence-electron chi connectivity index (χ3n) is 3.58. The number of hydrogen-bond acceptors (Lipinski definition) is 2. The van der Waals surface area contributed by atoms with Crippen LogP contribution >= 0.6 is 0 Å². The molecule has 0 rings (SSSR count). The van der Waals surface area contributed by atoms with Crippen molar-refractivity contribution in [3.8, 4) is 0 Å². The molecule has 0 aliphatic rings. The molecule has 5 heteroatoms. The molecule has 2 atom stereocenters. The Bertz CT molecular complexity index is 282. The SMILES string of the molecule is CCCCCCCCNC(=O)NC(C(=O)O)C(C)CC. The van der Waals surface area contributed by atoms with Crippen molar-refractivity contribution in [3.05, 3.63) is 0 Å². The monoisotopic (exact) mass is 286 g/mol. The van der Waals surface area contributed by atoms with Gasteiger partial charge in [-0.2, -0.15) is 0 Å². The average molecular weight is 286 g/mol. The van der Waals surface area contributed by atoms with Crippen LogP contribution in [0, 0.1) is 5.92 Å². The van der Waals surface area contributed by atoms with Crippen LogP contribution in [0.2, 0.25) is 0 Å². The number of nitrogens with one attached hydrogen (secondary N) is 2. The highest BCUT2D eigenvalue weighted by atomic mass is 16.4. The van der Waals surface area contributed by atoms with Gasteiger partial charge in [-0.3, -0.25) is 0 Å². The van der Waals surface area contributed by atoms with Crippen LogP contribution in [-0.2, 0) is 4.79 Å². The fourth-order valence-corrected chi connectivity index (χ4v) is 1.98. The maximum atomic E-state index is 11.6. The van der Waals surface area contributed by atoms with Gasteiger partial charge in [0.1, 0.15) is 6.04 Å². The number of rotatable bonds is 11. The molecule has 5 nitrogen and oxygen atoms in total. The maximum Gasteiger partial charge on any atom is 0.326 e. The van der Waals surface area contributed by atoms with E-state index in [4.69, 9.17) is 5.11 Å². The molecular weight excluding hydrogens is 256 g/mol. The lowest BCUT2D eigenvalue weighted by molar-refractivity contribution is -0.140. The third-order valence-corrected chi connectivity index (χ3v) is 3.58. The van der Waals surface area contributed by atoms with Gasteiger partial charge in [-0.1, -0.05) is 59.3 Å². The van der Waals surface area contributed by atoms with Crippen molar-refractivity contribution in [2.75, 3.05) is 6.54 Å². The van der Waals surface area contributed by atoms with Gasteiger partial charge in [0.05, 0.1) is 0 Å². The standard InChI is InChI=1S/C15H30N2O3/c1-4-6-7-8-9-10-11-16-15(20)17-13(14(18)19)12(3)5-2/h12-13H,4-11H2,1-3H3,(H,18,19)(H2,16,17,20).